The summed E-state index contributed by atoms with van der Waals surface area (Å²) in [6.45, 7) is 11.3. The Labute approximate surface area is 181 Å². The van der Waals surface area contributed by atoms with E-state index in [9.17, 15) is 4.57 Å². The average Bonchev–Trinajstić information content (AvgIpc) is 3.44. The fraction of sp³-hybridized carbons (Fsp3) is 0.125. The lowest BCUT2D eigenvalue weighted by molar-refractivity contribution is 0.584. The molecule has 0 radical (unpaired) electrons. The highest BCUT2D eigenvalue weighted by molar-refractivity contribution is 7.71. The predicted octanol–water partition coefficient (Wildman–Crippen LogP) is 5.37. The monoisotopic (exact) mass is 429 g/mol. The van der Waals surface area contributed by atoms with E-state index < -0.39 is 7.14 Å². The second kappa shape index (κ2) is 8.70. The van der Waals surface area contributed by atoms with Crippen LogP contribution in [0.4, 0.5) is 11.5 Å². The van der Waals surface area contributed by atoms with Crippen LogP contribution < -0.4 is 10.6 Å². The molecule has 0 fully saturated rings. The van der Waals surface area contributed by atoms with E-state index in [0.717, 1.165) is 23.0 Å². The number of hydrogen-bond donors (Lipinski definition) is 1. The maximum absolute atomic E-state index is 13.3. The molecule has 1 aliphatic rings. The van der Waals surface area contributed by atoms with Crippen molar-refractivity contribution in [3.63, 3.8) is 0 Å². The number of hydrogen-bond acceptors (Lipinski definition) is 5. The fourth-order valence-corrected chi connectivity index (χ4v) is 5.65. The Morgan fingerprint density at radius 2 is 1.84 bits per heavy atom. The molecule has 0 unspecified atom stereocenters. The molecule has 0 atom stereocenters. The molecule has 6 nitrogen and oxygen atoms in total. The third kappa shape index (κ3) is 4.07. The molecule has 1 aliphatic carbocycles. The number of benzene rings is 1. The molecule has 7 heteroatoms. The largest absolute Gasteiger partial charge is 0.338 e. The van der Waals surface area contributed by atoms with E-state index in [1.807, 2.05) is 36.4 Å². The average molecular weight is 429 g/mol. The van der Waals surface area contributed by atoms with Gasteiger partial charge in [0.1, 0.15) is 13.5 Å². The summed E-state index contributed by atoms with van der Waals surface area (Å²) in [6, 6.07) is 7.59. The highest BCUT2D eigenvalue weighted by atomic mass is 31.2. The molecule has 1 N–H and O–H groups in total. The molecule has 0 bridgehead atoms. The Bertz CT molecular complexity index is 1250. The molecule has 3 aromatic rings. The van der Waals surface area contributed by atoms with E-state index >= 15 is 0 Å². The standard InChI is InChI=1S/C24H24N5OP/c1-4-15-31(30,16-5-2)20-13-11-19(12-14-20)26-23-21-24(29(6-3)17-25-21)28-22(27-23)18-9-7-8-10-18/h4-9,11-14,17H,1-3,10,15-16H2,(H,26,27,28). The van der Waals surface area contributed by atoms with Crippen LogP contribution in [-0.2, 0) is 4.57 Å². The summed E-state index contributed by atoms with van der Waals surface area (Å²) < 4.78 is 15.0. The molecule has 0 saturated heterocycles. The molecule has 4 rings (SSSR count). The molecule has 0 aliphatic heterocycles. The van der Waals surface area contributed by atoms with Gasteiger partial charge in [-0.15, -0.1) is 13.2 Å². The number of nitrogens with zero attached hydrogens (tertiary/aromatic N) is 4. The van der Waals surface area contributed by atoms with Crippen molar-refractivity contribution in [2.75, 3.05) is 17.6 Å². The summed E-state index contributed by atoms with van der Waals surface area (Å²) in [7, 11) is -2.57. The van der Waals surface area contributed by atoms with Crippen LogP contribution in [0.3, 0.4) is 0 Å². The minimum absolute atomic E-state index is 0.448. The SMILES string of the molecule is C=CCP(=O)(CC=C)c1ccc(Nc2nc(C3=CC=CC3)nc3c2ncn3C=C)cc1. The van der Waals surface area contributed by atoms with Crippen molar-refractivity contribution in [3.05, 3.63) is 86.5 Å². The summed E-state index contributed by atoms with van der Waals surface area (Å²) in [5.74, 6) is 1.27. The number of fused-ring (bicyclic) bond motifs is 1. The number of allylic oxidation sites excluding steroid dienone is 6. The van der Waals surface area contributed by atoms with Crippen LogP contribution in [0.25, 0.3) is 22.9 Å². The first-order valence-corrected chi connectivity index (χ1v) is 12.1. The topological polar surface area (TPSA) is 72.7 Å². The predicted molar refractivity (Wildman–Crippen MR) is 131 cm³/mol. The van der Waals surface area contributed by atoms with Gasteiger partial charge in [-0.3, -0.25) is 4.57 Å². The molecule has 0 amide bonds. The van der Waals surface area contributed by atoms with Crippen LogP contribution in [0.5, 0.6) is 0 Å². The molecule has 0 spiro atoms. The molecule has 156 valence electrons. The lowest BCUT2D eigenvalue weighted by atomic mass is 10.2. The summed E-state index contributed by atoms with van der Waals surface area (Å²) in [6.07, 6.45) is 14.5. The number of nitrogens with one attached hydrogen (secondary N) is 1. The van der Waals surface area contributed by atoms with Crippen LogP contribution in [-0.4, -0.2) is 31.8 Å². The smallest absolute Gasteiger partial charge is 0.170 e. The Kier molecular flexibility index (Phi) is 5.83. The van der Waals surface area contributed by atoms with Crippen molar-refractivity contribution in [3.8, 4) is 0 Å². The van der Waals surface area contributed by atoms with Gasteiger partial charge < -0.3 is 9.88 Å². The molecule has 31 heavy (non-hydrogen) atoms. The van der Waals surface area contributed by atoms with E-state index in [0.29, 0.717) is 35.1 Å². The lowest BCUT2D eigenvalue weighted by Gasteiger charge is -2.16. The van der Waals surface area contributed by atoms with E-state index in [4.69, 9.17) is 9.97 Å². The van der Waals surface area contributed by atoms with Crippen molar-refractivity contribution in [1.29, 1.82) is 0 Å². The normalized spacial score (nSPS) is 13.2. The third-order valence-corrected chi connectivity index (χ3v) is 8.06. The molecular weight excluding hydrogens is 405 g/mol. The van der Waals surface area contributed by atoms with E-state index in [1.54, 1.807) is 29.2 Å². The van der Waals surface area contributed by atoms with Gasteiger partial charge in [-0.05, 0) is 30.7 Å². The maximum Gasteiger partial charge on any atom is 0.170 e. The molecule has 0 saturated carbocycles. The summed E-state index contributed by atoms with van der Waals surface area (Å²) in [5, 5.41) is 4.16. The van der Waals surface area contributed by atoms with Gasteiger partial charge in [0.15, 0.2) is 22.8 Å². The van der Waals surface area contributed by atoms with Crippen molar-refractivity contribution >= 4 is 46.9 Å². The number of imidazole rings is 1. The Morgan fingerprint density at radius 1 is 1.10 bits per heavy atom. The van der Waals surface area contributed by atoms with Crippen LogP contribution in [0.1, 0.15) is 12.2 Å². The lowest BCUT2D eigenvalue weighted by Crippen LogP contribution is -2.09. The minimum Gasteiger partial charge on any atom is -0.338 e. The van der Waals surface area contributed by atoms with Gasteiger partial charge >= 0.3 is 0 Å². The first-order valence-electron chi connectivity index (χ1n) is 9.98. The zero-order chi connectivity index (χ0) is 21.8. The van der Waals surface area contributed by atoms with Crippen LogP contribution in [0.15, 0.2) is 80.7 Å². The zero-order valence-electron chi connectivity index (χ0n) is 17.2. The van der Waals surface area contributed by atoms with E-state index in [-0.39, 0.29) is 0 Å². The minimum atomic E-state index is -2.57. The zero-order valence-corrected chi connectivity index (χ0v) is 18.1. The number of aromatic nitrogens is 4. The Balaban J connectivity index is 1.70. The highest BCUT2D eigenvalue weighted by Crippen LogP contribution is 2.44. The highest BCUT2D eigenvalue weighted by Gasteiger charge is 2.21. The van der Waals surface area contributed by atoms with Crippen molar-refractivity contribution in [2.24, 2.45) is 0 Å². The van der Waals surface area contributed by atoms with Gasteiger partial charge in [-0.25, -0.2) is 15.0 Å². The van der Waals surface area contributed by atoms with Gasteiger partial charge in [0.25, 0.3) is 0 Å². The first-order chi connectivity index (χ1) is 15.1. The molecule has 1 aromatic carbocycles. The van der Waals surface area contributed by atoms with Gasteiger partial charge in [0.05, 0.1) is 0 Å². The van der Waals surface area contributed by atoms with Crippen LogP contribution in [0, 0.1) is 0 Å². The number of rotatable bonds is 9. The van der Waals surface area contributed by atoms with Crippen LogP contribution in [0.2, 0.25) is 0 Å². The summed E-state index contributed by atoms with van der Waals surface area (Å²) in [4.78, 5) is 13.9. The third-order valence-electron chi connectivity index (χ3n) is 5.13. The van der Waals surface area contributed by atoms with E-state index in [2.05, 4.69) is 36.1 Å². The quantitative estimate of drug-likeness (QED) is 0.365. The second-order valence-electron chi connectivity index (χ2n) is 7.23. The maximum atomic E-state index is 13.3. The summed E-state index contributed by atoms with van der Waals surface area (Å²) in [5.41, 5.74) is 3.22. The van der Waals surface area contributed by atoms with Gasteiger partial charge in [0, 0.05) is 35.1 Å². The molecular formula is C24H24N5OP. The fourth-order valence-electron chi connectivity index (χ4n) is 3.55. The Morgan fingerprint density at radius 3 is 2.45 bits per heavy atom. The van der Waals surface area contributed by atoms with E-state index in [1.165, 1.54) is 0 Å². The Hall–Kier alpha value is -3.50. The van der Waals surface area contributed by atoms with Crippen molar-refractivity contribution in [1.82, 2.24) is 19.5 Å². The van der Waals surface area contributed by atoms with Crippen LogP contribution >= 0.6 is 7.14 Å². The molecule has 2 aromatic heterocycles. The second-order valence-corrected chi connectivity index (χ2v) is 10.3. The first kappa shape index (κ1) is 20.8. The number of anilines is 2. The van der Waals surface area contributed by atoms with Crippen molar-refractivity contribution < 1.29 is 4.57 Å². The van der Waals surface area contributed by atoms with Gasteiger partial charge in [-0.1, -0.05) is 37.0 Å². The van der Waals surface area contributed by atoms with Gasteiger partial charge in [-0.2, -0.15) is 0 Å². The van der Waals surface area contributed by atoms with Crippen molar-refractivity contribution in [2.45, 2.75) is 6.42 Å². The summed E-state index contributed by atoms with van der Waals surface area (Å²) >= 11 is 0. The van der Waals surface area contributed by atoms with Gasteiger partial charge in [0.2, 0.25) is 0 Å². The molecule has 2 heterocycles.